The molecule has 0 bridgehead atoms. The molecular weight excluding hydrogens is 340 g/mol. The molecule has 5 heteroatoms. The first-order valence-corrected chi connectivity index (χ1v) is 7.38. The molecule has 1 N–H and O–H groups in total. The molecule has 0 spiro atoms. The summed E-state index contributed by atoms with van der Waals surface area (Å²) in [4.78, 5) is 0. The minimum Gasteiger partial charge on any atom is -0.496 e. The maximum absolute atomic E-state index is 13.8. The van der Waals surface area contributed by atoms with E-state index in [1.807, 2.05) is 6.92 Å². The predicted molar refractivity (Wildman–Crippen MR) is 82.6 cm³/mol. The summed E-state index contributed by atoms with van der Waals surface area (Å²) in [6.45, 7) is 2.59. The molecule has 0 fully saturated rings. The second-order valence-corrected chi connectivity index (χ2v) is 5.40. The summed E-state index contributed by atoms with van der Waals surface area (Å²) >= 11 is 3.13. The Hall–Kier alpha value is -1.46. The number of rotatable bonds is 5. The minimum atomic E-state index is -0.356. The molecule has 0 amide bonds. The van der Waals surface area contributed by atoms with Crippen LogP contribution in [0.25, 0.3) is 0 Å². The van der Waals surface area contributed by atoms with Crippen LogP contribution in [0, 0.1) is 11.6 Å². The third-order valence-electron chi connectivity index (χ3n) is 3.19. The fourth-order valence-corrected chi connectivity index (χ4v) is 2.48. The number of nitrogens with one attached hydrogen (secondary N) is 1. The van der Waals surface area contributed by atoms with Crippen LogP contribution < -0.4 is 10.1 Å². The normalized spacial score (nSPS) is 12.2. The Kier molecular flexibility index (Phi) is 5.31. The van der Waals surface area contributed by atoms with Crippen molar-refractivity contribution in [1.29, 1.82) is 0 Å². The standard InChI is InChI=1S/C16H16BrF2NO/c1-3-20-16(10-4-6-13(17)14(19)8-10)12-9-11(18)5-7-15(12)21-2/h4-9,16,20H,3H2,1-2H3. The first-order chi connectivity index (χ1) is 10.1. The van der Waals surface area contributed by atoms with E-state index in [1.165, 1.54) is 25.3 Å². The summed E-state index contributed by atoms with van der Waals surface area (Å²) < 4.78 is 33.0. The molecule has 1 unspecified atom stereocenters. The Balaban J connectivity index is 2.52. The molecule has 0 aliphatic rings. The van der Waals surface area contributed by atoms with Crippen molar-refractivity contribution < 1.29 is 13.5 Å². The van der Waals surface area contributed by atoms with Gasteiger partial charge >= 0.3 is 0 Å². The van der Waals surface area contributed by atoms with Crippen molar-refractivity contribution in [3.8, 4) is 5.75 Å². The van der Waals surface area contributed by atoms with Gasteiger partial charge in [-0.05, 0) is 58.4 Å². The summed E-state index contributed by atoms with van der Waals surface area (Å²) in [6, 6.07) is 8.85. The molecule has 0 radical (unpaired) electrons. The van der Waals surface area contributed by atoms with Crippen LogP contribution in [0.1, 0.15) is 24.1 Å². The summed E-state index contributed by atoms with van der Waals surface area (Å²) in [5, 5.41) is 3.24. The molecule has 0 aliphatic heterocycles. The molecule has 1 atom stereocenters. The van der Waals surface area contributed by atoms with Crippen molar-refractivity contribution in [2.75, 3.05) is 13.7 Å². The van der Waals surface area contributed by atoms with Gasteiger partial charge in [-0.1, -0.05) is 13.0 Å². The average molecular weight is 356 g/mol. The van der Waals surface area contributed by atoms with Crippen molar-refractivity contribution in [2.24, 2.45) is 0 Å². The molecule has 2 aromatic carbocycles. The molecule has 21 heavy (non-hydrogen) atoms. The van der Waals surface area contributed by atoms with E-state index in [-0.39, 0.29) is 17.7 Å². The van der Waals surface area contributed by atoms with E-state index in [1.54, 1.807) is 18.2 Å². The summed E-state index contributed by atoms with van der Waals surface area (Å²) in [6.07, 6.45) is 0. The fraction of sp³-hybridized carbons (Fsp3) is 0.250. The number of benzene rings is 2. The van der Waals surface area contributed by atoms with Gasteiger partial charge in [-0.2, -0.15) is 0 Å². The van der Waals surface area contributed by atoms with Gasteiger partial charge in [0.1, 0.15) is 17.4 Å². The van der Waals surface area contributed by atoms with Crippen LogP contribution in [0.2, 0.25) is 0 Å². The SMILES string of the molecule is CCNC(c1ccc(Br)c(F)c1)c1cc(F)ccc1OC. The Bertz CT molecular complexity index is 634. The zero-order chi connectivity index (χ0) is 15.4. The van der Waals surface area contributed by atoms with Gasteiger partial charge in [-0.15, -0.1) is 0 Å². The van der Waals surface area contributed by atoms with Crippen molar-refractivity contribution >= 4 is 15.9 Å². The largest absolute Gasteiger partial charge is 0.496 e. The fourth-order valence-electron chi connectivity index (χ4n) is 2.23. The Labute approximate surface area is 131 Å². The lowest BCUT2D eigenvalue weighted by molar-refractivity contribution is 0.402. The third kappa shape index (κ3) is 3.60. The van der Waals surface area contributed by atoms with Crippen LogP contribution in [-0.4, -0.2) is 13.7 Å². The average Bonchev–Trinajstić information content (AvgIpc) is 2.48. The first-order valence-electron chi connectivity index (χ1n) is 6.58. The van der Waals surface area contributed by atoms with E-state index >= 15 is 0 Å². The smallest absolute Gasteiger partial charge is 0.137 e. The van der Waals surface area contributed by atoms with Gasteiger partial charge in [0.05, 0.1) is 17.6 Å². The van der Waals surface area contributed by atoms with Gasteiger partial charge in [0.15, 0.2) is 0 Å². The van der Waals surface area contributed by atoms with Crippen molar-refractivity contribution in [1.82, 2.24) is 5.32 Å². The zero-order valence-electron chi connectivity index (χ0n) is 11.8. The first kappa shape index (κ1) is 15.9. The van der Waals surface area contributed by atoms with Crippen LogP contribution in [0.5, 0.6) is 5.75 Å². The molecule has 2 nitrogen and oxygen atoms in total. The molecule has 0 saturated carbocycles. The van der Waals surface area contributed by atoms with Crippen LogP contribution in [0.15, 0.2) is 40.9 Å². The maximum atomic E-state index is 13.8. The Morgan fingerprint density at radius 1 is 1.19 bits per heavy atom. The van der Waals surface area contributed by atoms with E-state index in [9.17, 15) is 8.78 Å². The molecule has 0 saturated heterocycles. The van der Waals surface area contributed by atoms with Crippen molar-refractivity contribution in [3.05, 3.63) is 63.6 Å². The molecule has 0 aromatic heterocycles. The van der Waals surface area contributed by atoms with E-state index in [0.717, 1.165) is 0 Å². The summed E-state index contributed by atoms with van der Waals surface area (Å²) in [7, 11) is 1.53. The number of hydrogen-bond donors (Lipinski definition) is 1. The number of ether oxygens (including phenoxy) is 1. The third-order valence-corrected chi connectivity index (χ3v) is 3.83. The van der Waals surface area contributed by atoms with Crippen LogP contribution in [0.3, 0.4) is 0 Å². The van der Waals surface area contributed by atoms with Gasteiger partial charge in [0, 0.05) is 5.56 Å². The number of methoxy groups -OCH3 is 1. The van der Waals surface area contributed by atoms with Gasteiger partial charge in [0.2, 0.25) is 0 Å². The highest BCUT2D eigenvalue weighted by Crippen LogP contribution is 2.32. The van der Waals surface area contributed by atoms with Gasteiger partial charge < -0.3 is 10.1 Å². The molecule has 2 rings (SSSR count). The highest BCUT2D eigenvalue weighted by atomic mass is 79.9. The monoisotopic (exact) mass is 355 g/mol. The number of halogens is 3. The van der Waals surface area contributed by atoms with Crippen molar-refractivity contribution in [3.63, 3.8) is 0 Å². The molecule has 112 valence electrons. The summed E-state index contributed by atoms with van der Waals surface area (Å²) in [5.41, 5.74) is 1.35. The van der Waals surface area contributed by atoms with Crippen LogP contribution >= 0.6 is 15.9 Å². The minimum absolute atomic E-state index is 0.344. The van der Waals surface area contributed by atoms with Gasteiger partial charge in [0.25, 0.3) is 0 Å². The topological polar surface area (TPSA) is 21.3 Å². The second kappa shape index (κ2) is 7.00. The van der Waals surface area contributed by atoms with Gasteiger partial charge in [-0.25, -0.2) is 8.78 Å². The lowest BCUT2D eigenvalue weighted by Crippen LogP contribution is -2.23. The highest BCUT2D eigenvalue weighted by Gasteiger charge is 2.19. The number of hydrogen-bond acceptors (Lipinski definition) is 2. The maximum Gasteiger partial charge on any atom is 0.137 e. The van der Waals surface area contributed by atoms with Crippen LogP contribution in [0.4, 0.5) is 8.78 Å². The molecular formula is C16H16BrF2NO. The Morgan fingerprint density at radius 2 is 1.95 bits per heavy atom. The lowest BCUT2D eigenvalue weighted by atomic mass is 9.97. The van der Waals surface area contributed by atoms with Crippen molar-refractivity contribution in [2.45, 2.75) is 13.0 Å². The van der Waals surface area contributed by atoms with E-state index in [2.05, 4.69) is 21.2 Å². The predicted octanol–water partition coefficient (Wildman–Crippen LogP) is 4.43. The highest BCUT2D eigenvalue weighted by molar-refractivity contribution is 9.10. The quantitative estimate of drug-likeness (QED) is 0.856. The van der Waals surface area contributed by atoms with E-state index < -0.39 is 0 Å². The van der Waals surface area contributed by atoms with E-state index in [0.29, 0.717) is 27.9 Å². The van der Waals surface area contributed by atoms with E-state index in [4.69, 9.17) is 4.74 Å². The zero-order valence-corrected chi connectivity index (χ0v) is 13.4. The summed E-state index contributed by atoms with van der Waals surface area (Å²) in [5.74, 6) is -0.150. The molecule has 0 aliphatic carbocycles. The second-order valence-electron chi connectivity index (χ2n) is 4.55. The molecule has 2 aromatic rings. The lowest BCUT2D eigenvalue weighted by Gasteiger charge is -2.21. The van der Waals surface area contributed by atoms with Gasteiger partial charge in [-0.3, -0.25) is 0 Å². The Morgan fingerprint density at radius 3 is 2.57 bits per heavy atom. The molecule has 0 heterocycles. The van der Waals surface area contributed by atoms with Crippen LogP contribution in [-0.2, 0) is 0 Å².